The van der Waals surface area contributed by atoms with Crippen LogP contribution < -0.4 is 0 Å². The highest BCUT2D eigenvalue weighted by molar-refractivity contribution is 4.84. The van der Waals surface area contributed by atoms with Gasteiger partial charge >= 0.3 is 0 Å². The summed E-state index contributed by atoms with van der Waals surface area (Å²) < 4.78 is 4.96. The van der Waals surface area contributed by atoms with Gasteiger partial charge < -0.3 is 4.74 Å². The standard InChI is InChI=1S/C6H10O/c1-2-3-4-6-5-7-6/h2-3,6H,4-5H2,1H3/b3-2+/t6-/m1/s1. The largest absolute Gasteiger partial charge is 0.373 e. The first kappa shape index (κ1) is 4.85. The van der Waals surface area contributed by atoms with E-state index in [1.807, 2.05) is 6.92 Å². The number of epoxide rings is 1. The zero-order valence-corrected chi connectivity index (χ0v) is 4.55. The fourth-order valence-electron chi connectivity index (χ4n) is 0.492. The Bertz CT molecular complexity index is 72.2. The maximum Gasteiger partial charge on any atom is 0.0844 e. The van der Waals surface area contributed by atoms with Crippen molar-refractivity contribution < 1.29 is 4.74 Å². The summed E-state index contributed by atoms with van der Waals surface area (Å²) in [5, 5.41) is 0. The van der Waals surface area contributed by atoms with Gasteiger partial charge in [-0.25, -0.2) is 0 Å². The van der Waals surface area contributed by atoms with E-state index in [1.54, 1.807) is 0 Å². The van der Waals surface area contributed by atoms with Gasteiger partial charge in [-0.05, 0) is 13.3 Å². The average molecular weight is 98.1 g/mol. The number of hydrogen-bond donors (Lipinski definition) is 0. The first-order chi connectivity index (χ1) is 3.43. The van der Waals surface area contributed by atoms with Crippen LogP contribution in [0.1, 0.15) is 13.3 Å². The maximum absolute atomic E-state index is 4.96. The Balaban J connectivity index is 1.98. The second-order valence-electron chi connectivity index (χ2n) is 1.76. The molecule has 7 heavy (non-hydrogen) atoms. The molecule has 1 rings (SSSR count). The lowest BCUT2D eigenvalue weighted by atomic mass is 10.3. The molecule has 0 aromatic rings. The highest BCUT2D eigenvalue weighted by Crippen LogP contribution is 2.12. The van der Waals surface area contributed by atoms with E-state index in [4.69, 9.17) is 4.74 Å². The Kier molecular flexibility index (Phi) is 1.47. The van der Waals surface area contributed by atoms with Crippen LogP contribution in [0.2, 0.25) is 0 Å². The van der Waals surface area contributed by atoms with E-state index in [0.717, 1.165) is 13.0 Å². The maximum atomic E-state index is 4.96. The summed E-state index contributed by atoms with van der Waals surface area (Å²) in [6, 6.07) is 0. The molecule has 1 heterocycles. The number of ether oxygens (including phenoxy) is 1. The van der Waals surface area contributed by atoms with Crippen molar-refractivity contribution in [3.63, 3.8) is 0 Å². The fraction of sp³-hybridized carbons (Fsp3) is 0.667. The van der Waals surface area contributed by atoms with Gasteiger partial charge in [0.15, 0.2) is 0 Å². The molecule has 0 aromatic heterocycles. The molecule has 0 spiro atoms. The number of hydrogen-bond acceptors (Lipinski definition) is 1. The summed E-state index contributed by atoms with van der Waals surface area (Å²) in [7, 11) is 0. The Morgan fingerprint density at radius 2 is 2.57 bits per heavy atom. The molecule has 0 radical (unpaired) electrons. The van der Waals surface area contributed by atoms with Gasteiger partial charge in [-0.15, -0.1) is 0 Å². The van der Waals surface area contributed by atoms with Crippen molar-refractivity contribution in [1.82, 2.24) is 0 Å². The van der Waals surface area contributed by atoms with Crippen LogP contribution in [0, 0.1) is 0 Å². The Labute approximate surface area is 44.0 Å². The van der Waals surface area contributed by atoms with Crippen molar-refractivity contribution in [2.75, 3.05) is 6.61 Å². The van der Waals surface area contributed by atoms with Crippen molar-refractivity contribution >= 4 is 0 Å². The molecular weight excluding hydrogens is 88.1 g/mol. The zero-order valence-electron chi connectivity index (χ0n) is 4.55. The predicted molar refractivity (Wildman–Crippen MR) is 29.2 cm³/mol. The minimum absolute atomic E-state index is 0.566. The fourth-order valence-corrected chi connectivity index (χ4v) is 0.492. The molecule has 1 heteroatoms. The van der Waals surface area contributed by atoms with Gasteiger partial charge in [0, 0.05) is 0 Å². The molecule has 0 saturated carbocycles. The lowest BCUT2D eigenvalue weighted by Gasteiger charge is -1.77. The summed E-state index contributed by atoms with van der Waals surface area (Å²) in [5.41, 5.74) is 0. The van der Waals surface area contributed by atoms with Crippen molar-refractivity contribution in [3.05, 3.63) is 12.2 Å². The van der Waals surface area contributed by atoms with Crippen LogP contribution in [0.4, 0.5) is 0 Å². The van der Waals surface area contributed by atoms with E-state index in [1.165, 1.54) is 0 Å². The van der Waals surface area contributed by atoms with E-state index in [-0.39, 0.29) is 0 Å². The van der Waals surface area contributed by atoms with Crippen molar-refractivity contribution in [3.8, 4) is 0 Å². The monoisotopic (exact) mass is 98.1 g/mol. The van der Waals surface area contributed by atoms with Crippen LogP contribution in [-0.4, -0.2) is 12.7 Å². The minimum Gasteiger partial charge on any atom is -0.373 e. The van der Waals surface area contributed by atoms with Crippen molar-refractivity contribution in [2.24, 2.45) is 0 Å². The molecular formula is C6H10O. The summed E-state index contributed by atoms with van der Waals surface area (Å²) in [6.07, 6.45) is 5.87. The average Bonchev–Trinajstić information content (AvgIpc) is 2.42. The smallest absolute Gasteiger partial charge is 0.0844 e. The Morgan fingerprint density at radius 1 is 1.86 bits per heavy atom. The third kappa shape index (κ3) is 1.74. The molecule has 1 saturated heterocycles. The van der Waals surface area contributed by atoms with E-state index in [9.17, 15) is 0 Å². The van der Waals surface area contributed by atoms with Crippen molar-refractivity contribution in [1.29, 1.82) is 0 Å². The summed E-state index contributed by atoms with van der Waals surface area (Å²) in [5.74, 6) is 0. The molecule has 1 atom stereocenters. The first-order valence-corrected chi connectivity index (χ1v) is 2.66. The van der Waals surface area contributed by atoms with Crippen LogP contribution in [0.5, 0.6) is 0 Å². The molecule has 0 N–H and O–H groups in total. The molecule has 40 valence electrons. The molecule has 0 aliphatic carbocycles. The molecule has 0 bridgehead atoms. The Hall–Kier alpha value is -0.300. The highest BCUT2D eigenvalue weighted by Gasteiger charge is 2.19. The third-order valence-electron chi connectivity index (χ3n) is 1.04. The molecule has 0 unspecified atom stereocenters. The van der Waals surface area contributed by atoms with Gasteiger partial charge in [0.25, 0.3) is 0 Å². The lowest BCUT2D eigenvalue weighted by molar-refractivity contribution is 0.410. The van der Waals surface area contributed by atoms with Crippen molar-refractivity contribution in [2.45, 2.75) is 19.4 Å². The van der Waals surface area contributed by atoms with Gasteiger partial charge in [0.2, 0.25) is 0 Å². The van der Waals surface area contributed by atoms with Crippen LogP contribution in [0.3, 0.4) is 0 Å². The lowest BCUT2D eigenvalue weighted by Crippen LogP contribution is -1.76. The minimum atomic E-state index is 0.566. The predicted octanol–water partition coefficient (Wildman–Crippen LogP) is 1.35. The third-order valence-corrected chi connectivity index (χ3v) is 1.04. The molecule has 1 fully saturated rings. The highest BCUT2D eigenvalue weighted by atomic mass is 16.6. The van der Waals surface area contributed by atoms with Gasteiger partial charge in [-0.3, -0.25) is 0 Å². The van der Waals surface area contributed by atoms with Gasteiger partial charge in [-0.2, -0.15) is 0 Å². The Morgan fingerprint density at radius 3 is 3.00 bits per heavy atom. The van der Waals surface area contributed by atoms with E-state index in [0.29, 0.717) is 6.10 Å². The van der Waals surface area contributed by atoms with E-state index < -0.39 is 0 Å². The summed E-state index contributed by atoms with van der Waals surface area (Å²) in [6.45, 7) is 3.01. The van der Waals surface area contributed by atoms with Crippen LogP contribution in [-0.2, 0) is 4.74 Å². The van der Waals surface area contributed by atoms with Crippen LogP contribution in [0.15, 0.2) is 12.2 Å². The molecule has 0 amide bonds. The van der Waals surface area contributed by atoms with Gasteiger partial charge in [0.05, 0.1) is 12.7 Å². The normalized spacial score (nSPS) is 29.0. The molecule has 1 aliphatic heterocycles. The SMILES string of the molecule is C/C=C/C[C@@H]1CO1. The second-order valence-corrected chi connectivity index (χ2v) is 1.76. The number of rotatable bonds is 2. The van der Waals surface area contributed by atoms with Gasteiger partial charge in [-0.1, -0.05) is 12.2 Å². The zero-order chi connectivity index (χ0) is 5.11. The summed E-state index contributed by atoms with van der Waals surface area (Å²) >= 11 is 0. The molecule has 1 nitrogen and oxygen atoms in total. The molecule has 1 aliphatic rings. The quantitative estimate of drug-likeness (QED) is 0.375. The summed E-state index contributed by atoms with van der Waals surface area (Å²) in [4.78, 5) is 0. The number of allylic oxidation sites excluding steroid dienone is 1. The van der Waals surface area contributed by atoms with E-state index >= 15 is 0 Å². The van der Waals surface area contributed by atoms with E-state index in [2.05, 4.69) is 12.2 Å². The van der Waals surface area contributed by atoms with Crippen LogP contribution in [0.25, 0.3) is 0 Å². The van der Waals surface area contributed by atoms with Gasteiger partial charge in [0.1, 0.15) is 0 Å². The first-order valence-electron chi connectivity index (χ1n) is 2.66. The van der Waals surface area contributed by atoms with Crippen LogP contribution >= 0.6 is 0 Å². The second kappa shape index (κ2) is 2.12. The molecule has 0 aromatic carbocycles. The topological polar surface area (TPSA) is 12.5 Å².